The standard InChI is InChI=1S/C11H20N2O3/c1-3-4-9(14)6-12-11(16)8-5-10(15)13(2)7-8/h8-9,14H,3-7H2,1-2H3,(H,12,16). The molecule has 0 aromatic carbocycles. The molecular formula is C11H20N2O3. The Hall–Kier alpha value is -1.10. The Bertz CT molecular complexity index is 268. The fourth-order valence-electron chi connectivity index (χ4n) is 1.84. The Morgan fingerprint density at radius 2 is 2.38 bits per heavy atom. The number of rotatable bonds is 5. The van der Waals surface area contributed by atoms with E-state index in [9.17, 15) is 14.7 Å². The van der Waals surface area contributed by atoms with Gasteiger partial charge in [-0.3, -0.25) is 9.59 Å². The lowest BCUT2D eigenvalue weighted by molar-refractivity contribution is -0.128. The zero-order chi connectivity index (χ0) is 12.1. The van der Waals surface area contributed by atoms with Gasteiger partial charge < -0.3 is 15.3 Å². The lowest BCUT2D eigenvalue weighted by Crippen LogP contribution is -2.37. The van der Waals surface area contributed by atoms with Gasteiger partial charge in [0, 0.05) is 26.6 Å². The maximum Gasteiger partial charge on any atom is 0.225 e. The van der Waals surface area contributed by atoms with Crippen molar-refractivity contribution in [3.05, 3.63) is 0 Å². The number of hydrogen-bond donors (Lipinski definition) is 2. The van der Waals surface area contributed by atoms with Crippen molar-refractivity contribution >= 4 is 11.8 Å². The van der Waals surface area contributed by atoms with Crippen LogP contribution in [0.15, 0.2) is 0 Å². The van der Waals surface area contributed by atoms with Gasteiger partial charge in [0.05, 0.1) is 12.0 Å². The zero-order valence-electron chi connectivity index (χ0n) is 9.90. The van der Waals surface area contributed by atoms with Crippen LogP contribution in [0.3, 0.4) is 0 Å². The maximum atomic E-state index is 11.6. The average molecular weight is 228 g/mol. The number of carbonyl (C=O) groups excluding carboxylic acids is 2. The molecule has 2 amide bonds. The first-order valence-electron chi connectivity index (χ1n) is 5.74. The van der Waals surface area contributed by atoms with Crippen LogP contribution in [-0.2, 0) is 9.59 Å². The van der Waals surface area contributed by atoms with E-state index in [2.05, 4.69) is 5.32 Å². The fraction of sp³-hybridized carbons (Fsp3) is 0.818. The van der Waals surface area contributed by atoms with Crippen LogP contribution in [0.2, 0.25) is 0 Å². The normalized spacial score (nSPS) is 22.3. The third-order valence-corrected chi connectivity index (χ3v) is 2.85. The number of nitrogens with one attached hydrogen (secondary N) is 1. The summed E-state index contributed by atoms with van der Waals surface area (Å²) < 4.78 is 0. The summed E-state index contributed by atoms with van der Waals surface area (Å²) in [5.41, 5.74) is 0. The Morgan fingerprint density at radius 3 is 2.88 bits per heavy atom. The van der Waals surface area contributed by atoms with Crippen LogP contribution in [0.1, 0.15) is 26.2 Å². The van der Waals surface area contributed by atoms with Crippen molar-refractivity contribution in [2.45, 2.75) is 32.3 Å². The Morgan fingerprint density at radius 1 is 1.69 bits per heavy atom. The minimum absolute atomic E-state index is 0.00857. The molecule has 1 rings (SSSR count). The van der Waals surface area contributed by atoms with E-state index in [4.69, 9.17) is 0 Å². The predicted molar refractivity (Wildman–Crippen MR) is 59.7 cm³/mol. The first kappa shape index (κ1) is 13.0. The number of likely N-dealkylation sites (tertiary alicyclic amines) is 1. The van der Waals surface area contributed by atoms with E-state index in [1.165, 1.54) is 0 Å². The maximum absolute atomic E-state index is 11.6. The summed E-state index contributed by atoms with van der Waals surface area (Å²) in [6.07, 6.45) is 1.38. The molecule has 0 saturated carbocycles. The SMILES string of the molecule is CCCC(O)CNC(=O)C1CC(=O)N(C)C1. The molecule has 0 aromatic heterocycles. The first-order chi connectivity index (χ1) is 7.54. The van der Waals surface area contributed by atoms with E-state index in [1.807, 2.05) is 6.92 Å². The quantitative estimate of drug-likeness (QED) is 0.681. The van der Waals surface area contributed by atoms with E-state index in [1.54, 1.807) is 11.9 Å². The van der Waals surface area contributed by atoms with Crippen LogP contribution in [0.5, 0.6) is 0 Å². The van der Waals surface area contributed by atoms with Crippen molar-refractivity contribution in [3.8, 4) is 0 Å². The van der Waals surface area contributed by atoms with Crippen molar-refractivity contribution in [2.75, 3.05) is 20.1 Å². The minimum atomic E-state index is -0.483. The second-order valence-electron chi connectivity index (χ2n) is 4.36. The molecule has 2 N–H and O–H groups in total. The van der Waals surface area contributed by atoms with E-state index >= 15 is 0 Å². The highest BCUT2D eigenvalue weighted by atomic mass is 16.3. The molecule has 2 atom stereocenters. The number of carbonyl (C=O) groups is 2. The number of aliphatic hydroxyl groups excluding tert-OH is 1. The van der Waals surface area contributed by atoms with Gasteiger partial charge in [-0.2, -0.15) is 0 Å². The van der Waals surface area contributed by atoms with Crippen LogP contribution in [0.4, 0.5) is 0 Å². The molecule has 92 valence electrons. The second kappa shape index (κ2) is 5.84. The van der Waals surface area contributed by atoms with Gasteiger partial charge in [-0.1, -0.05) is 13.3 Å². The lowest BCUT2D eigenvalue weighted by atomic mass is 10.1. The van der Waals surface area contributed by atoms with Gasteiger partial charge in [0.15, 0.2) is 0 Å². The minimum Gasteiger partial charge on any atom is -0.391 e. The molecule has 1 fully saturated rings. The summed E-state index contributed by atoms with van der Waals surface area (Å²) in [6.45, 7) is 2.74. The lowest BCUT2D eigenvalue weighted by Gasteiger charge is -2.13. The van der Waals surface area contributed by atoms with Gasteiger partial charge in [-0.05, 0) is 6.42 Å². The molecular weight excluding hydrogens is 208 g/mol. The molecule has 1 aliphatic rings. The first-order valence-corrected chi connectivity index (χ1v) is 5.74. The molecule has 0 aromatic rings. The monoisotopic (exact) mass is 228 g/mol. The average Bonchev–Trinajstić information content (AvgIpc) is 2.56. The molecule has 1 heterocycles. The topological polar surface area (TPSA) is 69.6 Å². The largest absolute Gasteiger partial charge is 0.391 e. The van der Waals surface area contributed by atoms with Crippen LogP contribution in [-0.4, -0.2) is 48.1 Å². The number of amides is 2. The summed E-state index contributed by atoms with van der Waals surface area (Å²) in [7, 11) is 1.70. The third-order valence-electron chi connectivity index (χ3n) is 2.85. The van der Waals surface area contributed by atoms with Crippen molar-refractivity contribution in [3.63, 3.8) is 0 Å². The number of aliphatic hydroxyl groups is 1. The van der Waals surface area contributed by atoms with Crippen molar-refractivity contribution in [1.29, 1.82) is 0 Å². The van der Waals surface area contributed by atoms with E-state index in [-0.39, 0.29) is 30.7 Å². The zero-order valence-corrected chi connectivity index (χ0v) is 9.90. The van der Waals surface area contributed by atoms with Gasteiger partial charge in [0.2, 0.25) is 11.8 Å². The van der Waals surface area contributed by atoms with Crippen molar-refractivity contribution < 1.29 is 14.7 Å². The molecule has 0 bridgehead atoms. The Labute approximate surface area is 95.8 Å². The third kappa shape index (κ3) is 3.48. The van der Waals surface area contributed by atoms with Gasteiger partial charge in [0.25, 0.3) is 0 Å². The van der Waals surface area contributed by atoms with Crippen LogP contribution in [0, 0.1) is 5.92 Å². The molecule has 0 spiro atoms. The van der Waals surface area contributed by atoms with E-state index in [0.29, 0.717) is 13.0 Å². The van der Waals surface area contributed by atoms with E-state index in [0.717, 1.165) is 6.42 Å². The molecule has 2 unspecified atom stereocenters. The van der Waals surface area contributed by atoms with Gasteiger partial charge in [-0.15, -0.1) is 0 Å². The van der Waals surface area contributed by atoms with Gasteiger partial charge in [-0.25, -0.2) is 0 Å². The summed E-state index contributed by atoms with van der Waals surface area (Å²) in [5.74, 6) is -0.381. The summed E-state index contributed by atoms with van der Waals surface area (Å²) in [5, 5.41) is 12.1. The summed E-state index contributed by atoms with van der Waals surface area (Å²) in [6, 6.07) is 0. The highest BCUT2D eigenvalue weighted by molar-refractivity contribution is 5.89. The Kier molecular flexibility index (Phi) is 4.73. The van der Waals surface area contributed by atoms with Gasteiger partial charge >= 0.3 is 0 Å². The van der Waals surface area contributed by atoms with Crippen LogP contribution in [0.25, 0.3) is 0 Å². The number of hydrogen-bond acceptors (Lipinski definition) is 3. The predicted octanol–water partition coefficient (Wildman–Crippen LogP) is -0.258. The molecule has 1 aliphatic heterocycles. The van der Waals surface area contributed by atoms with Gasteiger partial charge in [0.1, 0.15) is 0 Å². The fourth-order valence-corrected chi connectivity index (χ4v) is 1.84. The molecule has 1 saturated heterocycles. The van der Waals surface area contributed by atoms with E-state index < -0.39 is 6.10 Å². The molecule has 16 heavy (non-hydrogen) atoms. The van der Waals surface area contributed by atoms with Crippen LogP contribution < -0.4 is 5.32 Å². The smallest absolute Gasteiger partial charge is 0.225 e. The summed E-state index contributed by atoms with van der Waals surface area (Å²) >= 11 is 0. The highest BCUT2D eigenvalue weighted by Crippen LogP contribution is 2.15. The molecule has 0 radical (unpaired) electrons. The highest BCUT2D eigenvalue weighted by Gasteiger charge is 2.31. The second-order valence-corrected chi connectivity index (χ2v) is 4.36. The summed E-state index contributed by atoms with van der Waals surface area (Å²) in [4.78, 5) is 24.4. The Balaban J connectivity index is 2.28. The number of nitrogens with zero attached hydrogens (tertiary/aromatic N) is 1. The van der Waals surface area contributed by atoms with Crippen LogP contribution >= 0.6 is 0 Å². The molecule has 5 heteroatoms. The molecule has 0 aliphatic carbocycles. The van der Waals surface area contributed by atoms with Crippen molar-refractivity contribution in [1.82, 2.24) is 10.2 Å². The van der Waals surface area contributed by atoms with Crippen molar-refractivity contribution in [2.24, 2.45) is 5.92 Å². The molecule has 5 nitrogen and oxygen atoms in total.